The van der Waals surface area contributed by atoms with Gasteiger partial charge in [0, 0.05) is 13.0 Å². The van der Waals surface area contributed by atoms with Gasteiger partial charge in [0.15, 0.2) is 0 Å². The highest BCUT2D eigenvalue weighted by Crippen LogP contribution is 2.20. The number of nitrogens with one attached hydrogen (secondary N) is 1. The molecule has 1 atom stereocenters. The van der Waals surface area contributed by atoms with Crippen molar-refractivity contribution in [3.63, 3.8) is 0 Å². The van der Waals surface area contributed by atoms with Crippen LogP contribution in [-0.2, 0) is 14.3 Å². The highest BCUT2D eigenvalue weighted by Gasteiger charge is 2.31. The topological polar surface area (TPSA) is 75.6 Å². The molecule has 0 aromatic carbocycles. The van der Waals surface area contributed by atoms with Crippen molar-refractivity contribution in [1.29, 1.82) is 0 Å². The third-order valence-electron chi connectivity index (χ3n) is 2.71. The maximum atomic E-state index is 11.6. The molecule has 0 saturated carbocycles. The second-order valence-electron chi connectivity index (χ2n) is 4.85. The number of carbonyl (C=O) groups is 2. The standard InChI is InChI=1S/C11H19NO4/c1-11(2,10(14)15)6-9(13)12-8-4-3-5-16-7-8/h8H,3-7H2,1-2H3,(H,12,13)(H,14,15). The third kappa shape index (κ3) is 3.81. The van der Waals surface area contributed by atoms with Crippen LogP contribution in [0.5, 0.6) is 0 Å². The molecule has 92 valence electrons. The molecule has 0 radical (unpaired) electrons. The lowest BCUT2D eigenvalue weighted by molar-refractivity contribution is -0.149. The average molecular weight is 229 g/mol. The number of aliphatic carboxylic acids is 1. The van der Waals surface area contributed by atoms with Crippen molar-refractivity contribution >= 4 is 11.9 Å². The molecule has 1 aliphatic heterocycles. The van der Waals surface area contributed by atoms with Crippen LogP contribution in [-0.4, -0.2) is 36.2 Å². The highest BCUT2D eigenvalue weighted by atomic mass is 16.5. The lowest BCUT2D eigenvalue weighted by Crippen LogP contribution is -2.43. The van der Waals surface area contributed by atoms with E-state index < -0.39 is 11.4 Å². The minimum absolute atomic E-state index is 0.00116. The number of amides is 1. The van der Waals surface area contributed by atoms with Crippen molar-refractivity contribution in [2.24, 2.45) is 5.41 Å². The molecule has 0 aromatic heterocycles. The van der Waals surface area contributed by atoms with Gasteiger partial charge in [-0.1, -0.05) is 0 Å². The average Bonchev–Trinajstić information content (AvgIpc) is 2.17. The number of hydrogen-bond donors (Lipinski definition) is 2. The zero-order valence-corrected chi connectivity index (χ0v) is 9.78. The van der Waals surface area contributed by atoms with Crippen molar-refractivity contribution in [2.45, 2.75) is 39.2 Å². The molecule has 16 heavy (non-hydrogen) atoms. The Morgan fingerprint density at radius 3 is 2.69 bits per heavy atom. The van der Waals surface area contributed by atoms with Crippen LogP contribution in [0.15, 0.2) is 0 Å². The van der Waals surface area contributed by atoms with Crippen molar-refractivity contribution in [3.05, 3.63) is 0 Å². The Hall–Kier alpha value is -1.10. The Labute approximate surface area is 95.2 Å². The molecule has 1 amide bonds. The van der Waals surface area contributed by atoms with Gasteiger partial charge in [0.2, 0.25) is 5.91 Å². The summed E-state index contributed by atoms with van der Waals surface area (Å²) in [5.74, 6) is -1.18. The van der Waals surface area contributed by atoms with Crippen molar-refractivity contribution in [3.8, 4) is 0 Å². The number of carbonyl (C=O) groups excluding carboxylic acids is 1. The Morgan fingerprint density at radius 2 is 2.19 bits per heavy atom. The molecule has 0 spiro atoms. The van der Waals surface area contributed by atoms with Gasteiger partial charge in [-0.3, -0.25) is 9.59 Å². The molecule has 0 aliphatic carbocycles. The maximum absolute atomic E-state index is 11.6. The SMILES string of the molecule is CC(C)(CC(=O)NC1CCCOC1)C(=O)O. The van der Waals surface area contributed by atoms with Gasteiger partial charge in [-0.15, -0.1) is 0 Å². The van der Waals surface area contributed by atoms with Crippen LogP contribution in [0.2, 0.25) is 0 Å². The van der Waals surface area contributed by atoms with Gasteiger partial charge < -0.3 is 15.2 Å². The summed E-state index contributed by atoms with van der Waals surface area (Å²) in [6.45, 7) is 4.37. The van der Waals surface area contributed by atoms with Crippen LogP contribution in [0.3, 0.4) is 0 Å². The fourth-order valence-corrected chi connectivity index (χ4v) is 1.61. The first-order chi connectivity index (χ1) is 7.42. The molecular formula is C11H19NO4. The van der Waals surface area contributed by atoms with Gasteiger partial charge in [-0.05, 0) is 26.7 Å². The van der Waals surface area contributed by atoms with Gasteiger partial charge >= 0.3 is 5.97 Å². The first kappa shape index (κ1) is 13.0. The zero-order valence-electron chi connectivity index (χ0n) is 9.78. The molecule has 2 N–H and O–H groups in total. The number of carboxylic acid groups (broad SMARTS) is 1. The van der Waals surface area contributed by atoms with Crippen LogP contribution in [0, 0.1) is 5.41 Å². The van der Waals surface area contributed by atoms with E-state index in [2.05, 4.69) is 5.32 Å². The molecular weight excluding hydrogens is 210 g/mol. The zero-order chi connectivity index (χ0) is 12.2. The fourth-order valence-electron chi connectivity index (χ4n) is 1.61. The van der Waals surface area contributed by atoms with E-state index in [9.17, 15) is 9.59 Å². The summed E-state index contributed by atoms with van der Waals surface area (Å²) >= 11 is 0. The van der Waals surface area contributed by atoms with Gasteiger partial charge in [-0.25, -0.2) is 0 Å². The van der Waals surface area contributed by atoms with Gasteiger partial charge in [0.05, 0.1) is 18.1 Å². The summed E-state index contributed by atoms with van der Waals surface area (Å²) in [6, 6.07) is 0.0332. The molecule has 0 bridgehead atoms. The molecule has 1 rings (SSSR count). The van der Waals surface area contributed by atoms with Gasteiger partial charge in [0.1, 0.15) is 0 Å². The van der Waals surface area contributed by atoms with Crippen LogP contribution < -0.4 is 5.32 Å². The summed E-state index contributed by atoms with van der Waals surface area (Å²) in [7, 11) is 0. The molecule has 1 saturated heterocycles. The van der Waals surface area contributed by atoms with Crippen molar-refractivity contribution in [2.75, 3.05) is 13.2 Å². The first-order valence-corrected chi connectivity index (χ1v) is 5.52. The summed E-state index contributed by atoms with van der Waals surface area (Å²) in [4.78, 5) is 22.4. The van der Waals surface area contributed by atoms with Crippen molar-refractivity contribution in [1.82, 2.24) is 5.32 Å². The number of ether oxygens (including phenoxy) is 1. The summed E-state index contributed by atoms with van der Waals surface area (Å²) in [6.07, 6.45) is 1.84. The Kier molecular flexibility index (Phi) is 4.29. The van der Waals surface area contributed by atoms with Crippen LogP contribution in [0.4, 0.5) is 0 Å². The quantitative estimate of drug-likeness (QED) is 0.747. The van der Waals surface area contributed by atoms with Crippen LogP contribution in [0.25, 0.3) is 0 Å². The molecule has 1 unspecified atom stereocenters. The van der Waals surface area contributed by atoms with E-state index in [1.807, 2.05) is 0 Å². The van der Waals surface area contributed by atoms with Gasteiger partial charge in [0.25, 0.3) is 0 Å². The fraction of sp³-hybridized carbons (Fsp3) is 0.818. The second kappa shape index (κ2) is 5.30. The smallest absolute Gasteiger partial charge is 0.309 e. The minimum atomic E-state index is -1.01. The van der Waals surface area contributed by atoms with E-state index >= 15 is 0 Å². The molecule has 5 nitrogen and oxygen atoms in total. The number of carboxylic acids is 1. The maximum Gasteiger partial charge on any atom is 0.309 e. The van der Waals surface area contributed by atoms with Crippen LogP contribution in [0.1, 0.15) is 33.1 Å². The normalized spacial score (nSPS) is 21.5. The Bertz CT molecular complexity index is 269. The van der Waals surface area contributed by atoms with E-state index in [-0.39, 0.29) is 18.4 Å². The summed E-state index contributed by atoms with van der Waals surface area (Å²) in [5, 5.41) is 11.7. The minimum Gasteiger partial charge on any atom is -0.481 e. The molecule has 1 fully saturated rings. The second-order valence-corrected chi connectivity index (χ2v) is 4.85. The Balaban J connectivity index is 2.37. The highest BCUT2D eigenvalue weighted by molar-refractivity contribution is 5.84. The predicted octanol–water partition coefficient (Wildman–Crippen LogP) is 0.782. The largest absolute Gasteiger partial charge is 0.481 e. The lowest BCUT2D eigenvalue weighted by Gasteiger charge is -2.25. The number of rotatable bonds is 4. The molecule has 5 heteroatoms. The van der Waals surface area contributed by atoms with Crippen LogP contribution >= 0.6 is 0 Å². The number of hydrogen-bond acceptors (Lipinski definition) is 3. The first-order valence-electron chi connectivity index (χ1n) is 5.52. The van der Waals surface area contributed by atoms with E-state index in [0.717, 1.165) is 19.4 Å². The summed E-state index contributed by atoms with van der Waals surface area (Å²) in [5.41, 5.74) is -1.01. The van der Waals surface area contributed by atoms with Crippen molar-refractivity contribution < 1.29 is 19.4 Å². The van der Waals surface area contributed by atoms with E-state index in [1.165, 1.54) is 0 Å². The molecule has 1 aliphatic rings. The van der Waals surface area contributed by atoms with E-state index in [1.54, 1.807) is 13.8 Å². The monoisotopic (exact) mass is 229 g/mol. The van der Waals surface area contributed by atoms with Gasteiger partial charge in [-0.2, -0.15) is 0 Å². The van der Waals surface area contributed by atoms with E-state index in [4.69, 9.17) is 9.84 Å². The lowest BCUT2D eigenvalue weighted by atomic mass is 9.89. The van der Waals surface area contributed by atoms with E-state index in [0.29, 0.717) is 6.61 Å². The third-order valence-corrected chi connectivity index (χ3v) is 2.71. The summed E-state index contributed by atoms with van der Waals surface area (Å²) < 4.78 is 5.23. The Morgan fingerprint density at radius 1 is 1.50 bits per heavy atom. The molecule has 0 aromatic rings. The predicted molar refractivity (Wildman–Crippen MR) is 58.0 cm³/mol. The molecule has 1 heterocycles.